The zero-order valence-electron chi connectivity index (χ0n) is 11.3. The minimum absolute atomic E-state index is 0.0303. The van der Waals surface area contributed by atoms with Gasteiger partial charge in [-0.1, -0.05) is 13.8 Å². The Morgan fingerprint density at radius 1 is 1.06 bits per heavy atom. The van der Waals surface area contributed by atoms with Crippen LogP contribution in [0.4, 0.5) is 0 Å². The van der Waals surface area contributed by atoms with E-state index in [0.29, 0.717) is 17.7 Å². The Balaban J connectivity index is 4.22. The zero-order valence-corrected chi connectivity index (χ0v) is 12.8. The summed E-state index contributed by atoms with van der Waals surface area (Å²) < 4.78 is 5.75. The van der Waals surface area contributed by atoms with Gasteiger partial charge in [0.15, 0.2) is 0 Å². The number of halogens is 2. The van der Waals surface area contributed by atoms with Gasteiger partial charge < -0.3 is 4.74 Å². The third kappa shape index (κ3) is 6.98. The van der Waals surface area contributed by atoms with Crippen molar-refractivity contribution in [2.75, 3.05) is 18.4 Å². The predicted octanol–water partition coefficient (Wildman–Crippen LogP) is 4.70. The Labute approximate surface area is 111 Å². The zero-order chi connectivity index (χ0) is 12.8. The highest BCUT2D eigenvalue weighted by molar-refractivity contribution is 6.21. The third-order valence-electron chi connectivity index (χ3n) is 2.58. The van der Waals surface area contributed by atoms with Gasteiger partial charge >= 0.3 is 0 Å². The first kappa shape index (κ1) is 16.5. The van der Waals surface area contributed by atoms with Crippen LogP contribution in [0, 0.1) is 11.3 Å². The average molecular weight is 269 g/mol. The van der Waals surface area contributed by atoms with Crippen LogP contribution in [0.1, 0.15) is 47.5 Å². The molecule has 16 heavy (non-hydrogen) atoms. The summed E-state index contributed by atoms with van der Waals surface area (Å²) in [6.45, 7) is 11.3. The fourth-order valence-electron chi connectivity index (χ4n) is 1.82. The summed E-state index contributed by atoms with van der Waals surface area (Å²) in [5, 5.41) is 0. The van der Waals surface area contributed by atoms with Gasteiger partial charge in [0, 0.05) is 18.4 Å². The minimum atomic E-state index is -0.0812. The highest BCUT2D eigenvalue weighted by atomic mass is 35.5. The molecule has 0 atom stereocenters. The monoisotopic (exact) mass is 268 g/mol. The van der Waals surface area contributed by atoms with Gasteiger partial charge in [-0.2, -0.15) is 0 Å². The van der Waals surface area contributed by atoms with Gasteiger partial charge in [-0.25, -0.2) is 0 Å². The molecule has 0 radical (unpaired) electrons. The second kappa shape index (κ2) is 7.08. The van der Waals surface area contributed by atoms with E-state index in [4.69, 9.17) is 27.9 Å². The van der Waals surface area contributed by atoms with Crippen molar-refractivity contribution >= 4 is 23.2 Å². The molecule has 0 aromatic rings. The number of ether oxygens (including phenoxy) is 1. The molecule has 0 spiro atoms. The van der Waals surface area contributed by atoms with Crippen LogP contribution < -0.4 is 0 Å². The van der Waals surface area contributed by atoms with Crippen LogP contribution in [0.3, 0.4) is 0 Å². The van der Waals surface area contributed by atoms with Crippen molar-refractivity contribution in [1.82, 2.24) is 0 Å². The molecule has 0 heterocycles. The third-order valence-corrected chi connectivity index (χ3v) is 3.71. The fraction of sp³-hybridized carbons (Fsp3) is 1.00. The van der Waals surface area contributed by atoms with Crippen LogP contribution >= 0.6 is 23.2 Å². The Hall–Kier alpha value is 0.540. The SMILES string of the molecule is CC(C)CC(CCl)(CCl)CCOC(C)(C)C. The lowest BCUT2D eigenvalue weighted by Gasteiger charge is -2.32. The van der Waals surface area contributed by atoms with E-state index >= 15 is 0 Å². The summed E-state index contributed by atoms with van der Waals surface area (Å²) in [6, 6.07) is 0. The second-order valence-electron chi connectivity index (χ2n) is 6.08. The van der Waals surface area contributed by atoms with Crippen molar-refractivity contribution in [3.05, 3.63) is 0 Å². The Kier molecular flexibility index (Phi) is 7.32. The Morgan fingerprint density at radius 2 is 1.56 bits per heavy atom. The van der Waals surface area contributed by atoms with E-state index in [1.54, 1.807) is 0 Å². The topological polar surface area (TPSA) is 9.23 Å². The molecule has 0 aliphatic carbocycles. The van der Waals surface area contributed by atoms with Crippen LogP contribution in [0.2, 0.25) is 0 Å². The molecule has 0 saturated carbocycles. The van der Waals surface area contributed by atoms with Gasteiger partial charge in [-0.05, 0) is 44.9 Å². The summed E-state index contributed by atoms with van der Waals surface area (Å²) in [4.78, 5) is 0. The second-order valence-corrected chi connectivity index (χ2v) is 6.61. The van der Waals surface area contributed by atoms with Crippen molar-refractivity contribution in [2.45, 2.75) is 53.1 Å². The standard InChI is InChI=1S/C13H26Cl2O/c1-11(2)8-13(9-14,10-15)6-7-16-12(3,4)5/h11H,6-10H2,1-5H3. The first-order valence-electron chi connectivity index (χ1n) is 6.00. The molecule has 0 aromatic heterocycles. The molecule has 0 amide bonds. The first-order valence-corrected chi connectivity index (χ1v) is 7.07. The lowest BCUT2D eigenvalue weighted by atomic mass is 9.81. The summed E-state index contributed by atoms with van der Waals surface area (Å²) in [7, 11) is 0. The maximum Gasteiger partial charge on any atom is 0.0598 e. The molecule has 0 N–H and O–H groups in total. The largest absolute Gasteiger partial charge is 0.376 e. The van der Waals surface area contributed by atoms with Gasteiger partial charge in [0.1, 0.15) is 0 Å². The van der Waals surface area contributed by atoms with E-state index in [-0.39, 0.29) is 11.0 Å². The molecular weight excluding hydrogens is 243 g/mol. The summed E-state index contributed by atoms with van der Waals surface area (Å²) in [5.41, 5.74) is -0.0509. The van der Waals surface area contributed by atoms with E-state index in [1.165, 1.54) is 0 Å². The smallest absolute Gasteiger partial charge is 0.0598 e. The highest BCUT2D eigenvalue weighted by Crippen LogP contribution is 2.33. The van der Waals surface area contributed by atoms with E-state index in [2.05, 4.69) is 34.6 Å². The van der Waals surface area contributed by atoms with Gasteiger partial charge in [0.2, 0.25) is 0 Å². The first-order chi connectivity index (χ1) is 7.24. The maximum absolute atomic E-state index is 6.08. The molecule has 98 valence electrons. The van der Waals surface area contributed by atoms with Crippen molar-refractivity contribution in [3.8, 4) is 0 Å². The van der Waals surface area contributed by atoms with E-state index in [9.17, 15) is 0 Å². The molecule has 0 aliphatic rings. The van der Waals surface area contributed by atoms with E-state index in [1.807, 2.05) is 0 Å². The normalized spacial score (nSPS) is 13.5. The van der Waals surface area contributed by atoms with Crippen LogP contribution in [0.5, 0.6) is 0 Å². The van der Waals surface area contributed by atoms with Crippen molar-refractivity contribution in [1.29, 1.82) is 0 Å². The lowest BCUT2D eigenvalue weighted by molar-refractivity contribution is -0.0165. The molecule has 0 rings (SSSR count). The summed E-state index contributed by atoms with van der Waals surface area (Å²) >= 11 is 12.2. The van der Waals surface area contributed by atoms with Gasteiger partial charge in [-0.3, -0.25) is 0 Å². The Morgan fingerprint density at radius 3 is 1.88 bits per heavy atom. The molecule has 0 aromatic carbocycles. The molecule has 0 saturated heterocycles. The van der Waals surface area contributed by atoms with Gasteiger partial charge in [0.05, 0.1) is 5.60 Å². The number of rotatable bonds is 7. The number of alkyl halides is 2. The van der Waals surface area contributed by atoms with E-state index in [0.717, 1.165) is 19.4 Å². The molecule has 0 bridgehead atoms. The average Bonchev–Trinajstić information content (AvgIpc) is 2.13. The quantitative estimate of drug-likeness (QED) is 0.608. The van der Waals surface area contributed by atoms with Gasteiger partial charge in [0.25, 0.3) is 0 Å². The minimum Gasteiger partial charge on any atom is -0.376 e. The van der Waals surface area contributed by atoms with Gasteiger partial charge in [-0.15, -0.1) is 23.2 Å². The van der Waals surface area contributed by atoms with Crippen molar-refractivity contribution in [2.24, 2.45) is 11.3 Å². The highest BCUT2D eigenvalue weighted by Gasteiger charge is 2.29. The fourth-order valence-corrected chi connectivity index (χ4v) is 2.59. The molecule has 1 nitrogen and oxygen atoms in total. The van der Waals surface area contributed by atoms with Crippen molar-refractivity contribution in [3.63, 3.8) is 0 Å². The molecule has 0 unspecified atom stereocenters. The summed E-state index contributed by atoms with van der Waals surface area (Å²) in [5.74, 6) is 1.84. The Bertz CT molecular complexity index is 181. The maximum atomic E-state index is 6.08. The summed E-state index contributed by atoms with van der Waals surface area (Å²) in [6.07, 6.45) is 2.00. The lowest BCUT2D eigenvalue weighted by Crippen LogP contribution is -2.31. The van der Waals surface area contributed by atoms with Crippen molar-refractivity contribution < 1.29 is 4.74 Å². The molecular formula is C13H26Cl2O. The van der Waals surface area contributed by atoms with E-state index < -0.39 is 0 Å². The predicted molar refractivity (Wildman–Crippen MR) is 73.7 cm³/mol. The van der Waals surface area contributed by atoms with Crippen LogP contribution in [0.25, 0.3) is 0 Å². The number of hydrogen-bond donors (Lipinski definition) is 0. The van der Waals surface area contributed by atoms with Crippen LogP contribution in [-0.2, 0) is 4.74 Å². The molecule has 0 fully saturated rings. The van der Waals surface area contributed by atoms with Crippen LogP contribution in [-0.4, -0.2) is 24.0 Å². The molecule has 3 heteroatoms. The molecule has 0 aliphatic heterocycles. The number of hydrogen-bond acceptors (Lipinski definition) is 1. The van der Waals surface area contributed by atoms with Crippen LogP contribution in [0.15, 0.2) is 0 Å².